The van der Waals surface area contributed by atoms with Gasteiger partial charge >= 0.3 is 0 Å². The number of nitriles is 2. The van der Waals surface area contributed by atoms with E-state index in [2.05, 4.69) is 6.07 Å². The van der Waals surface area contributed by atoms with Crippen molar-refractivity contribution in [2.24, 2.45) is 0 Å². The smallest absolute Gasteiger partial charge is 0.198 e. The second-order valence-corrected chi connectivity index (χ2v) is 6.76. The van der Waals surface area contributed by atoms with E-state index >= 15 is 0 Å². The Hall–Kier alpha value is -3.12. The number of hydrogen-bond donors (Lipinski definition) is 0. The van der Waals surface area contributed by atoms with Crippen LogP contribution in [0.25, 0.3) is 0 Å². The maximum atomic E-state index is 11.4. The Labute approximate surface area is 152 Å². The summed E-state index contributed by atoms with van der Waals surface area (Å²) >= 11 is 0. The van der Waals surface area contributed by atoms with E-state index in [4.69, 9.17) is 10.5 Å². The van der Waals surface area contributed by atoms with Gasteiger partial charge in [0, 0.05) is 24.5 Å². The van der Waals surface area contributed by atoms with Crippen molar-refractivity contribution in [3.05, 3.63) is 67.6 Å². The molecule has 6 nitrogen and oxygen atoms in total. The molecule has 0 aromatic carbocycles. The molecule has 2 aromatic rings. The monoisotopic (exact) mass is 348 g/mol. The summed E-state index contributed by atoms with van der Waals surface area (Å²) in [6, 6.07) is 4.12. The van der Waals surface area contributed by atoms with E-state index in [9.17, 15) is 10.4 Å². The summed E-state index contributed by atoms with van der Waals surface area (Å²) in [6.07, 6.45) is 8.56. The molecule has 0 radical (unpaired) electrons. The molecule has 26 heavy (non-hydrogen) atoms. The van der Waals surface area contributed by atoms with Gasteiger partial charge in [0.2, 0.25) is 0 Å². The normalized spacial score (nSPS) is 13.8. The molecule has 0 atom stereocenters. The van der Waals surface area contributed by atoms with Crippen molar-refractivity contribution >= 4 is 0 Å². The fourth-order valence-corrected chi connectivity index (χ4v) is 3.90. The van der Waals surface area contributed by atoms with E-state index in [1.165, 1.54) is 12.4 Å². The molecular formula is C20H20N4O2. The highest BCUT2D eigenvalue weighted by Crippen LogP contribution is 2.25. The van der Waals surface area contributed by atoms with Crippen molar-refractivity contribution in [1.82, 2.24) is 0 Å². The fraction of sp³-hybridized carbons (Fsp3) is 0.400. The summed E-state index contributed by atoms with van der Waals surface area (Å²) in [5.74, 6) is 0. The largest absolute Gasteiger partial charge is 0.618 e. The summed E-state index contributed by atoms with van der Waals surface area (Å²) in [5.41, 5.74) is 6.93. The molecule has 2 aliphatic carbocycles. The van der Waals surface area contributed by atoms with Gasteiger partial charge in [0.05, 0.1) is 0 Å². The molecule has 6 heteroatoms. The Morgan fingerprint density at radius 1 is 0.808 bits per heavy atom. The van der Waals surface area contributed by atoms with Crippen LogP contribution in [0, 0.1) is 46.9 Å². The van der Waals surface area contributed by atoms with E-state index in [1.54, 1.807) is 0 Å². The van der Waals surface area contributed by atoms with E-state index in [-0.39, 0.29) is 0 Å². The Kier molecular flexibility index (Phi) is 4.77. The van der Waals surface area contributed by atoms with Crippen molar-refractivity contribution in [2.45, 2.75) is 52.4 Å². The molecule has 132 valence electrons. The predicted molar refractivity (Wildman–Crippen MR) is 93.8 cm³/mol. The van der Waals surface area contributed by atoms with Gasteiger partial charge in [-0.05, 0) is 50.2 Å². The SMILES string of the molecule is Cc1c(C#N)c[n+]([O-])c2c1CCC2.Cc1c2c(c(C#N)c[n+]1[O-])CCC2. The first-order chi connectivity index (χ1) is 12.5. The first-order valence-corrected chi connectivity index (χ1v) is 8.77. The van der Waals surface area contributed by atoms with E-state index in [0.717, 1.165) is 81.6 Å². The molecule has 0 bridgehead atoms. The van der Waals surface area contributed by atoms with Crippen LogP contribution in [0.2, 0.25) is 0 Å². The van der Waals surface area contributed by atoms with Gasteiger partial charge in [-0.15, -0.1) is 0 Å². The molecule has 4 rings (SSSR count). The van der Waals surface area contributed by atoms with Crippen LogP contribution in [0.15, 0.2) is 12.4 Å². The molecule has 0 unspecified atom stereocenters. The Morgan fingerprint density at radius 2 is 1.38 bits per heavy atom. The third kappa shape index (κ3) is 2.95. The zero-order valence-corrected chi connectivity index (χ0v) is 15.0. The van der Waals surface area contributed by atoms with Crippen LogP contribution in [0.1, 0.15) is 57.6 Å². The van der Waals surface area contributed by atoms with Crippen LogP contribution in [0.5, 0.6) is 0 Å². The summed E-state index contributed by atoms with van der Waals surface area (Å²) in [5, 5.41) is 40.3. The number of aromatic nitrogens is 2. The molecule has 0 N–H and O–H groups in total. The minimum absolute atomic E-state index is 0.510. The second kappa shape index (κ2) is 7.01. The van der Waals surface area contributed by atoms with Gasteiger partial charge in [0.25, 0.3) is 0 Å². The number of nitrogens with zero attached hydrogens (tertiary/aromatic N) is 4. The summed E-state index contributed by atoms with van der Waals surface area (Å²) < 4.78 is 1.66. The standard InChI is InChI=1S/2C10H10N2O/c1-7-9-3-2-4-10(9)8(5-11)6-12(7)13;1-7-8(5-11)6-12(13)10-4-2-3-9(7)10/h2*6H,2-4H2,1H3. The van der Waals surface area contributed by atoms with Crippen molar-refractivity contribution in [1.29, 1.82) is 10.5 Å². The topological polar surface area (TPSA) is 101 Å². The number of hydrogen-bond acceptors (Lipinski definition) is 4. The van der Waals surface area contributed by atoms with Gasteiger partial charge in [0.1, 0.15) is 23.3 Å². The van der Waals surface area contributed by atoms with Crippen LogP contribution in [0.4, 0.5) is 0 Å². The van der Waals surface area contributed by atoms with Crippen molar-refractivity contribution < 1.29 is 9.46 Å². The first kappa shape index (κ1) is 17.7. The lowest BCUT2D eigenvalue weighted by molar-refractivity contribution is -0.613. The quantitative estimate of drug-likeness (QED) is 0.536. The van der Waals surface area contributed by atoms with Crippen LogP contribution < -0.4 is 9.46 Å². The van der Waals surface area contributed by atoms with E-state index < -0.39 is 0 Å². The molecule has 0 aliphatic heterocycles. The van der Waals surface area contributed by atoms with Crippen molar-refractivity contribution in [3.8, 4) is 12.1 Å². The first-order valence-electron chi connectivity index (χ1n) is 8.77. The zero-order valence-electron chi connectivity index (χ0n) is 15.0. The highest BCUT2D eigenvalue weighted by atomic mass is 16.5. The molecule has 2 heterocycles. The minimum Gasteiger partial charge on any atom is -0.618 e. The van der Waals surface area contributed by atoms with Crippen molar-refractivity contribution in [3.63, 3.8) is 0 Å². The van der Waals surface area contributed by atoms with Crippen LogP contribution in [-0.2, 0) is 25.7 Å². The van der Waals surface area contributed by atoms with Gasteiger partial charge in [-0.3, -0.25) is 0 Å². The van der Waals surface area contributed by atoms with Crippen LogP contribution >= 0.6 is 0 Å². The van der Waals surface area contributed by atoms with Crippen LogP contribution in [-0.4, -0.2) is 0 Å². The summed E-state index contributed by atoms with van der Waals surface area (Å²) in [6.45, 7) is 3.74. The Bertz CT molecular complexity index is 968. The van der Waals surface area contributed by atoms with Gasteiger partial charge in [-0.1, -0.05) is 0 Å². The molecule has 0 amide bonds. The van der Waals surface area contributed by atoms with Gasteiger partial charge in [0.15, 0.2) is 23.8 Å². The molecule has 2 aromatic heterocycles. The predicted octanol–water partition coefficient (Wildman–Crippen LogP) is 1.98. The number of fused-ring (bicyclic) bond motifs is 2. The molecule has 0 saturated carbocycles. The third-order valence-corrected chi connectivity index (χ3v) is 5.36. The number of rotatable bonds is 0. The third-order valence-electron chi connectivity index (χ3n) is 5.36. The van der Waals surface area contributed by atoms with E-state index in [0.29, 0.717) is 11.1 Å². The summed E-state index contributed by atoms with van der Waals surface area (Å²) in [7, 11) is 0. The highest BCUT2D eigenvalue weighted by molar-refractivity contribution is 5.43. The lowest BCUT2D eigenvalue weighted by atomic mass is 10.0. The van der Waals surface area contributed by atoms with E-state index in [1.807, 2.05) is 19.9 Å². The zero-order chi connectivity index (χ0) is 18.8. The molecule has 0 fully saturated rings. The Balaban J connectivity index is 0.000000151. The average Bonchev–Trinajstić information content (AvgIpc) is 3.31. The maximum Gasteiger partial charge on any atom is 0.198 e. The van der Waals surface area contributed by atoms with Gasteiger partial charge in [-0.2, -0.15) is 20.0 Å². The molecular weight excluding hydrogens is 328 g/mol. The summed E-state index contributed by atoms with van der Waals surface area (Å²) in [4.78, 5) is 0. The highest BCUT2D eigenvalue weighted by Gasteiger charge is 2.24. The second-order valence-electron chi connectivity index (χ2n) is 6.76. The fourth-order valence-electron chi connectivity index (χ4n) is 3.90. The lowest BCUT2D eigenvalue weighted by Gasteiger charge is -2.06. The maximum absolute atomic E-state index is 11.4. The molecule has 2 aliphatic rings. The van der Waals surface area contributed by atoms with Crippen LogP contribution in [0.3, 0.4) is 0 Å². The molecule has 0 spiro atoms. The van der Waals surface area contributed by atoms with Crippen molar-refractivity contribution in [2.75, 3.05) is 0 Å². The lowest BCUT2D eigenvalue weighted by Crippen LogP contribution is -2.32. The molecule has 0 saturated heterocycles. The van der Waals surface area contributed by atoms with Gasteiger partial charge < -0.3 is 10.4 Å². The average molecular weight is 348 g/mol. The Morgan fingerprint density at radius 3 is 2.08 bits per heavy atom. The minimum atomic E-state index is 0.510. The number of pyridine rings is 2. The van der Waals surface area contributed by atoms with Gasteiger partial charge in [-0.25, -0.2) is 0 Å².